The number of carbonyl (C=O) groups is 1. The van der Waals surface area contributed by atoms with Crippen LogP contribution in [0.3, 0.4) is 0 Å². The molecular weight excluding hydrogens is 202 g/mol. The molecule has 0 aromatic carbocycles. The van der Waals surface area contributed by atoms with Gasteiger partial charge in [0.2, 0.25) is 0 Å². The van der Waals surface area contributed by atoms with Crippen molar-refractivity contribution in [3.63, 3.8) is 0 Å². The summed E-state index contributed by atoms with van der Waals surface area (Å²) in [5, 5.41) is 12.1. The molecule has 0 aromatic heterocycles. The lowest BCUT2D eigenvalue weighted by atomic mass is 9.88. The second-order valence-electron chi connectivity index (χ2n) is 5.68. The van der Waals surface area contributed by atoms with Gasteiger partial charge in [-0.15, -0.1) is 0 Å². The van der Waals surface area contributed by atoms with E-state index in [9.17, 15) is 4.79 Å². The fourth-order valence-corrected chi connectivity index (χ4v) is 3.42. The topological polar surface area (TPSA) is 49.3 Å². The first-order chi connectivity index (χ1) is 7.65. The molecule has 2 bridgehead atoms. The molecule has 3 nitrogen and oxygen atoms in total. The summed E-state index contributed by atoms with van der Waals surface area (Å²) < 4.78 is 0. The lowest BCUT2D eigenvalue weighted by molar-refractivity contribution is -0.137. The highest BCUT2D eigenvalue weighted by Gasteiger charge is 2.38. The highest BCUT2D eigenvalue weighted by Crippen LogP contribution is 2.47. The van der Waals surface area contributed by atoms with Crippen molar-refractivity contribution >= 4 is 5.97 Å². The zero-order valence-corrected chi connectivity index (χ0v) is 10.1. The molecule has 2 saturated carbocycles. The fraction of sp³-hybridized carbons (Fsp3) is 0.923. The second kappa shape index (κ2) is 5.17. The van der Waals surface area contributed by atoms with Crippen LogP contribution in [-0.4, -0.2) is 23.7 Å². The standard InChI is InChI=1S/C13H23NO2/c1-9(2-5-13(15)16)14-8-12-7-10-3-4-11(12)6-10/h9-12,14H,2-8H2,1H3,(H,15,16). The molecule has 0 saturated heterocycles. The molecule has 4 unspecified atom stereocenters. The Morgan fingerprint density at radius 2 is 2.25 bits per heavy atom. The monoisotopic (exact) mass is 225 g/mol. The van der Waals surface area contributed by atoms with E-state index in [4.69, 9.17) is 5.11 Å². The van der Waals surface area contributed by atoms with Crippen molar-refractivity contribution in [3.8, 4) is 0 Å². The number of nitrogens with one attached hydrogen (secondary N) is 1. The summed E-state index contributed by atoms with van der Waals surface area (Å²) in [6.07, 6.45) is 6.77. The Morgan fingerprint density at radius 3 is 2.81 bits per heavy atom. The minimum atomic E-state index is -0.687. The third-order valence-corrected chi connectivity index (χ3v) is 4.40. The molecule has 2 aliphatic carbocycles. The van der Waals surface area contributed by atoms with Crippen LogP contribution < -0.4 is 5.32 Å². The average molecular weight is 225 g/mol. The van der Waals surface area contributed by atoms with Gasteiger partial charge in [0.05, 0.1) is 0 Å². The van der Waals surface area contributed by atoms with Crippen LogP contribution in [0.4, 0.5) is 0 Å². The van der Waals surface area contributed by atoms with Crippen LogP contribution in [0.25, 0.3) is 0 Å². The fourth-order valence-electron chi connectivity index (χ4n) is 3.42. The number of fused-ring (bicyclic) bond motifs is 2. The molecule has 0 spiro atoms. The first kappa shape index (κ1) is 11.9. The van der Waals surface area contributed by atoms with Crippen molar-refractivity contribution < 1.29 is 9.90 Å². The molecule has 92 valence electrons. The quantitative estimate of drug-likeness (QED) is 0.729. The van der Waals surface area contributed by atoms with Crippen LogP contribution in [0.1, 0.15) is 45.4 Å². The summed E-state index contributed by atoms with van der Waals surface area (Å²) in [5.74, 6) is 2.15. The van der Waals surface area contributed by atoms with Gasteiger partial charge in [0, 0.05) is 12.5 Å². The number of carboxylic acids is 1. The molecule has 0 radical (unpaired) electrons. The highest BCUT2D eigenvalue weighted by atomic mass is 16.4. The summed E-state index contributed by atoms with van der Waals surface area (Å²) in [6, 6.07) is 0.343. The smallest absolute Gasteiger partial charge is 0.303 e. The Labute approximate surface area is 97.6 Å². The molecule has 4 atom stereocenters. The maximum absolute atomic E-state index is 10.4. The number of hydrogen-bond donors (Lipinski definition) is 2. The molecular formula is C13H23NO2. The average Bonchev–Trinajstić information content (AvgIpc) is 2.84. The van der Waals surface area contributed by atoms with Crippen molar-refractivity contribution in [1.29, 1.82) is 0 Å². The SMILES string of the molecule is CC(CCC(=O)O)NCC1CC2CCC1C2. The Balaban J connectivity index is 1.62. The van der Waals surface area contributed by atoms with Gasteiger partial charge in [-0.3, -0.25) is 4.79 Å². The largest absolute Gasteiger partial charge is 0.481 e. The predicted octanol–water partition coefficient (Wildman–Crippen LogP) is 2.27. The maximum atomic E-state index is 10.4. The van der Waals surface area contributed by atoms with Gasteiger partial charge in [-0.05, 0) is 56.9 Å². The molecule has 2 N–H and O–H groups in total. The van der Waals surface area contributed by atoms with Gasteiger partial charge in [0.1, 0.15) is 0 Å². The molecule has 0 aliphatic heterocycles. The first-order valence-corrected chi connectivity index (χ1v) is 6.60. The van der Waals surface area contributed by atoms with Gasteiger partial charge in [0.25, 0.3) is 0 Å². The van der Waals surface area contributed by atoms with Crippen LogP contribution >= 0.6 is 0 Å². The molecule has 2 fully saturated rings. The van der Waals surface area contributed by atoms with E-state index in [2.05, 4.69) is 12.2 Å². The molecule has 0 heterocycles. The lowest BCUT2D eigenvalue weighted by Gasteiger charge is -2.24. The van der Waals surface area contributed by atoms with E-state index in [0.717, 1.165) is 30.7 Å². The van der Waals surface area contributed by atoms with Crippen LogP contribution in [0, 0.1) is 17.8 Å². The summed E-state index contributed by atoms with van der Waals surface area (Å²) in [4.78, 5) is 10.4. The Kier molecular flexibility index (Phi) is 3.85. The van der Waals surface area contributed by atoms with E-state index in [0.29, 0.717) is 6.04 Å². The Morgan fingerprint density at radius 1 is 1.44 bits per heavy atom. The van der Waals surface area contributed by atoms with Crippen molar-refractivity contribution in [2.45, 2.75) is 51.5 Å². The lowest BCUT2D eigenvalue weighted by Crippen LogP contribution is -2.33. The van der Waals surface area contributed by atoms with Crippen LogP contribution in [0.2, 0.25) is 0 Å². The molecule has 2 aliphatic rings. The number of rotatable bonds is 6. The van der Waals surface area contributed by atoms with Crippen molar-refractivity contribution in [1.82, 2.24) is 5.32 Å². The van der Waals surface area contributed by atoms with Crippen molar-refractivity contribution in [2.24, 2.45) is 17.8 Å². The van der Waals surface area contributed by atoms with Crippen LogP contribution in [-0.2, 0) is 4.79 Å². The van der Waals surface area contributed by atoms with Gasteiger partial charge in [0.15, 0.2) is 0 Å². The number of aliphatic carboxylic acids is 1. The summed E-state index contributed by atoms with van der Waals surface area (Å²) >= 11 is 0. The van der Waals surface area contributed by atoms with E-state index < -0.39 is 5.97 Å². The normalized spacial score (nSPS) is 34.2. The molecule has 0 aromatic rings. The van der Waals surface area contributed by atoms with E-state index in [1.54, 1.807) is 0 Å². The van der Waals surface area contributed by atoms with Crippen LogP contribution in [0.15, 0.2) is 0 Å². The Bertz CT molecular complexity index is 254. The van der Waals surface area contributed by atoms with Gasteiger partial charge >= 0.3 is 5.97 Å². The van der Waals surface area contributed by atoms with Gasteiger partial charge in [-0.2, -0.15) is 0 Å². The summed E-state index contributed by atoms with van der Waals surface area (Å²) in [7, 11) is 0. The third-order valence-electron chi connectivity index (χ3n) is 4.40. The van der Waals surface area contributed by atoms with Crippen LogP contribution in [0.5, 0.6) is 0 Å². The van der Waals surface area contributed by atoms with Gasteiger partial charge in [-0.1, -0.05) is 6.42 Å². The molecule has 3 heteroatoms. The van der Waals surface area contributed by atoms with Gasteiger partial charge in [-0.25, -0.2) is 0 Å². The maximum Gasteiger partial charge on any atom is 0.303 e. The summed E-state index contributed by atoms with van der Waals surface area (Å²) in [5.41, 5.74) is 0. The zero-order valence-electron chi connectivity index (χ0n) is 10.1. The number of carboxylic acid groups (broad SMARTS) is 1. The van der Waals surface area contributed by atoms with Gasteiger partial charge < -0.3 is 10.4 Å². The molecule has 0 amide bonds. The number of hydrogen-bond acceptors (Lipinski definition) is 2. The second-order valence-corrected chi connectivity index (χ2v) is 5.68. The first-order valence-electron chi connectivity index (χ1n) is 6.60. The van der Waals surface area contributed by atoms with E-state index in [-0.39, 0.29) is 6.42 Å². The minimum absolute atomic E-state index is 0.283. The van der Waals surface area contributed by atoms with Crippen molar-refractivity contribution in [2.75, 3.05) is 6.54 Å². The van der Waals surface area contributed by atoms with E-state index >= 15 is 0 Å². The minimum Gasteiger partial charge on any atom is -0.481 e. The molecule has 2 rings (SSSR count). The Hall–Kier alpha value is -0.570. The molecule has 16 heavy (non-hydrogen) atoms. The third kappa shape index (κ3) is 2.97. The predicted molar refractivity (Wildman–Crippen MR) is 63.3 cm³/mol. The highest BCUT2D eigenvalue weighted by molar-refractivity contribution is 5.66. The summed E-state index contributed by atoms with van der Waals surface area (Å²) in [6.45, 7) is 3.19. The zero-order chi connectivity index (χ0) is 11.5. The van der Waals surface area contributed by atoms with E-state index in [1.807, 2.05) is 0 Å². The van der Waals surface area contributed by atoms with E-state index in [1.165, 1.54) is 25.7 Å². The van der Waals surface area contributed by atoms with Crippen molar-refractivity contribution in [3.05, 3.63) is 0 Å².